The molecule has 1 aliphatic carbocycles. The van der Waals surface area contributed by atoms with E-state index in [1.54, 1.807) is 6.08 Å². The van der Waals surface area contributed by atoms with Crippen molar-refractivity contribution < 1.29 is 28.6 Å². The summed E-state index contributed by atoms with van der Waals surface area (Å²) in [6.45, 7) is 5.87. The van der Waals surface area contributed by atoms with E-state index in [1.165, 1.54) is 38.4 Å². The molecule has 0 radical (unpaired) electrons. The molecule has 0 aromatic carbocycles. The molecular weight excluding hydrogens is 326 g/mol. The minimum atomic E-state index is -1.29. The third kappa shape index (κ3) is 4.55. The number of ketones is 1. The van der Waals surface area contributed by atoms with Crippen LogP contribution in [0.1, 0.15) is 27.2 Å². The van der Waals surface area contributed by atoms with Crippen molar-refractivity contribution in [3.8, 4) is 0 Å². The summed E-state index contributed by atoms with van der Waals surface area (Å²) in [6, 6.07) is -0.732. The fraction of sp³-hybridized carbons (Fsp3) is 0.611. The predicted molar refractivity (Wildman–Crippen MR) is 92.0 cm³/mol. The Bertz CT molecular complexity index is 569. The monoisotopic (exact) mass is 353 g/mol. The van der Waals surface area contributed by atoms with Crippen molar-refractivity contribution in [3.63, 3.8) is 0 Å². The molecule has 1 amide bonds. The van der Waals surface area contributed by atoms with Gasteiger partial charge in [-0.15, -0.1) is 0 Å². The van der Waals surface area contributed by atoms with E-state index in [1.807, 2.05) is 20.8 Å². The maximum absolute atomic E-state index is 12.7. The zero-order valence-corrected chi connectivity index (χ0v) is 15.7. The van der Waals surface area contributed by atoms with E-state index < -0.39 is 23.3 Å². The molecule has 0 saturated carbocycles. The summed E-state index contributed by atoms with van der Waals surface area (Å²) in [5.41, 5.74) is 0.193. The number of aldehydes is 1. The number of hydrogen-bond acceptors (Lipinski definition) is 6. The molecule has 25 heavy (non-hydrogen) atoms. The Morgan fingerprint density at radius 3 is 2.36 bits per heavy atom. The predicted octanol–water partition coefficient (Wildman–Crippen LogP) is 2.11. The van der Waals surface area contributed by atoms with Gasteiger partial charge in [0.2, 0.25) is 5.79 Å². The molecule has 0 fully saturated rings. The quantitative estimate of drug-likeness (QED) is 0.413. The first kappa shape index (κ1) is 21.1. The number of Topliss-reactive ketones (excluding diaryl/α,β-unsaturated/α-hetero) is 1. The first-order valence-corrected chi connectivity index (χ1v) is 7.98. The molecule has 0 N–H and O–H groups in total. The normalized spacial score (nSPS) is 20.3. The zero-order valence-electron chi connectivity index (χ0n) is 15.7. The molecule has 1 unspecified atom stereocenters. The zero-order chi connectivity index (χ0) is 19.3. The third-order valence-electron chi connectivity index (χ3n) is 4.24. The molecule has 7 heteroatoms. The van der Waals surface area contributed by atoms with Crippen LogP contribution in [0.3, 0.4) is 0 Å². The Morgan fingerprint density at radius 1 is 1.32 bits per heavy atom. The van der Waals surface area contributed by atoms with Crippen molar-refractivity contribution in [2.24, 2.45) is 5.41 Å². The summed E-state index contributed by atoms with van der Waals surface area (Å²) in [6.07, 6.45) is 4.42. The smallest absolute Gasteiger partial charge is 0.410 e. The number of allylic oxidation sites excluding steroid dienone is 2. The molecule has 1 aliphatic rings. The second-order valence-electron chi connectivity index (χ2n) is 6.77. The number of methoxy groups -OCH3 is 3. The van der Waals surface area contributed by atoms with Crippen molar-refractivity contribution >= 4 is 18.2 Å². The van der Waals surface area contributed by atoms with Gasteiger partial charge in [-0.25, -0.2) is 4.79 Å². The number of hydrogen-bond donors (Lipinski definition) is 0. The lowest BCUT2D eigenvalue weighted by molar-refractivity contribution is -0.210. The molecule has 140 valence electrons. The van der Waals surface area contributed by atoms with Gasteiger partial charge in [0.05, 0.1) is 7.11 Å². The Morgan fingerprint density at radius 2 is 1.92 bits per heavy atom. The van der Waals surface area contributed by atoms with Gasteiger partial charge in [-0.05, 0) is 17.6 Å². The minimum absolute atomic E-state index is 0.0226. The highest BCUT2D eigenvalue weighted by Gasteiger charge is 2.49. The van der Waals surface area contributed by atoms with E-state index in [0.29, 0.717) is 11.9 Å². The molecule has 1 rings (SSSR count). The van der Waals surface area contributed by atoms with Gasteiger partial charge in [0.15, 0.2) is 5.78 Å². The molecule has 0 aromatic heterocycles. The fourth-order valence-corrected chi connectivity index (χ4v) is 2.92. The van der Waals surface area contributed by atoms with Crippen LogP contribution in [0.25, 0.3) is 0 Å². The average Bonchev–Trinajstić information content (AvgIpc) is 2.57. The van der Waals surface area contributed by atoms with Gasteiger partial charge in [-0.3, -0.25) is 14.5 Å². The molecule has 7 nitrogen and oxygen atoms in total. The Kier molecular flexibility index (Phi) is 7.07. The number of rotatable bonds is 6. The first-order chi connectivity index (χ1) is 11.7. The summed E-state index contributed by atoms with van der Waals surface area (Å²) in [7, 11) is 4.17. The lowest BCUT2D eigenvalue weighted by atomic mass is 9.76. The standard InChI is InChI=1S/C18H27NO6/c1-17(2,3)13-12-18(24-5,25-6)15(11-14(13)21)19(16(22)23-4)9-7-8-10-20/h7-8,10,12,15H,9,11H2,1-6H3/b8-7-. The molecule has 0 heterocycles. The van der Waals surface area contributed by atoms with Gasteiger partial charge in [0, 0.05) is 32.8 Å². The Balaban J connectivity index is 3.41. The molecule has 1 atom stereocenters. The molecule has 0 aromatic rings. The highest BCUT2D eigenvalue weighted by atomic mass is 16.7. The average molecular weight is 353 g/mol. The van der Waals surface area contributed by atoms with E-state index in [4.69, 9.17) is 14.2 Å². The number of nitrogens with zero attached hydrogens (tertiary/aromatic N) is 1. The van der Waals surface area contributed by atoms with E-state index in [2.05, 4.69) is 0 Å². The summed E-state index contributed by atoms with van der Waals surface area (Å²) < 4.78 is 16.0. The largest absolute Gasteiger partial charge is 0.453 e. The Labute approximate surface area is 148 Å². The van der Waals surface area contributed by atoms with Crippen LogP contribution in [0.4, 0.5) is 4.79 Å². The lowest BCUT2D eigenvalue weighted by Gasteiger charge is -2.45. The highest BCUT2D eigenvalue weighted by Crippen LogP contribution is 2.39. The lowest BCUT2D eigenvalue weighted by Crippen LogP contribution is -2.59. The summed E-state index contributed by atoms with van der Waals surface area (Å²) >= 11 is 0. The van der Waals surface area contributed by atoms with Crippen molar-refractivity contribution in [1.29, 1.82) is 0 Å². The van der Waals surface area contributed by atoms with Crippen LogP contribution in [0.15, 0.2) is 23.8 Å². The highest BCUT2D eigenvalue weighted by molar-refractivity contribution is 5.98. The van der Waals surface area contributed by atoms with Gasteiger partial charge in [-0.1, -0.05) is 26.8 Å². The second kappa shape index (κ2) is 8.40. The van der Waals surface area contributed by atoms with Gasteiger partial charge >= 0.3 is 6.09 Å². The molecule has 0 spiro atoms. The number of carbonyl (C=O) groups is 3. The van der Waals surface area contributed by atoms with E-state index in [0.717, 1.165) is 0 Å². The topological polar surface area (TPSA) is 82.1 Å². The first-order valence-electron chi connectivity index (χ1n) is 7.98. The van der Waals surface area contributed by atoms with E-state index in [9.17, 15) is 14.4 Å². The van der Waals surface area contributed by atoms with Crippen LogP contribution in [-0.2, 0) is 23.8 Å². The van der Waals surface area contributed by atoms with Crippen LogP contribution in [0, 0.1) is 5.41 Å². The third-order valence-corrected chi connectivity index (χ3v) is 4.24. The van der Waals surface area contributed by atoms with Crippen LogP contribution >= 0.6 is 0 Å². The maximum Gasteiger partial charge on any atom is 0.410 e. The molecule has 0 bridgehead atoms. The van der Waals surface area contributed by atoms with Crippen LogP contribution in [0.5, 0.6) is 0 Å². The number of carbonyl (C=O) groups excluding carboxylic acids is 3. The van der Waals surface area contributed by atoms with Crippen molar-refractivity contribution in [3.05, 3.63) is 23.8 Å². The van der Waals surface area contributed by atoms with E-state index in [-0.39, 0.29) is 18.7 Å². The van der Waals surface area contributed by atoms with Crippen molar-refractivity contribution in [2.75, 3.05) is 27.9 Å². The Hall–Kier alpha value is -1.99. The maximum atomic E-state index is 12.7. The van der Waals surface area contributed by atoms with Gasteiger partial charge in [0.25, 0.3) is 0 Å². The minimum Gasteiger partial charge on any atom is -0.453 e. The van der Waals surface area contributed by atoms with Gasteiger partial charge in [-0.2, -0.15) is 0 Å². The van der Waals surface area contributed by atoms with Crippen LogP contribution in [0.2, 0.25) is 0 Å². The van der Waals surface area contributed by atoms with Crippen molar-refractivity contribution in [2.45, 2.75) is 39.0 Å². The van der Waals surface area contributed by atoms with Gasteiger partial charge < -0.3 is 14.2 Å². The van der Waals surface area contributed by atoms with Crippen molar-refractivity contribution in [1.82, 2.24) is 4.90 Å². The number of ether oxygens (including phenoxy) is 3. The molecular formula is C18H27NO6. The summed E-state index contributed by atoms with van der Waals surface area (Å²) in [4.78, 5) is 36.8. The summed E-state index contributed by atoms with van der Waals surface area (Å²) in [5.74, 6) is -1.38. The SMILES string of the molecule is COC(=O)N(C/C=C\C=O)C1CC(=O)C(C(C)(C)C)=CC1(OC)OC. The number of amides is 1. The van der Waals surface area contributed by atoms with Crippen LogP contribution in [-0.4, -0.2) is 62.8 Å². The van der Waals surface area contributed by atoms with E-state index >= 15 is 0 Å². The van der Waals surface area contributed by atoms with Gasteiger partial charge in [0.1, 0.15) is 12.3 Å². The summed E-state index contributed by atoms with van der Waals surface area (Å²) in [5, 5.41) is 0. The molecule has 0 saturated heterocycles. The fourth-order valence-electron chi connectivity index (χ4n) is 2.92. The van der Waals surface area contributed by atoms with Crippen LogP contribution < -0.4 is 0 Å². The molecule has 0 aliphatic heterocycles. The second-order valence-corrected chi connectivity index (χ2v) is 6.77.